The average Bonchev–Trinajstić information content (AvgIpc) is 2.57. The van der Waals surface area contributed by atoms with Gasteiger partial charge in [0.2, 0.25) is 0 Å². The summed E-state index contributed by atoms with van der Waals surface area (Å²) >= 11 is 1.10. The van der Waals surface area contributed by atoms with Gasteiger partial charge in [-0.25, -0.2) is 17.6 Å². The summed E-state index contributed by atoms with van der Waals surface area (Å²) in [6.07, 6.45) is 4.71. The summed E-state index contributed by atoms with van der Waals surface area (Å²) in [6, 6.07) is 0. The summed E-state index contributed by atoms with van der Waals surface area (Å²) in [7, 11) is 0. The summed E-state index contributed by atoms with van der Waals surface area (Å²) in [4.78, 5) is 0. The molecule has 0 amide bonds. The van der Waals surface area contributed by atoms with Crippen LogP contribution in [0.15, 0.2) is 12.2 Å². The smallest absolute Gasteiger partial charge is 0.195 e. The molecular weight excluding hydrogens is 344 g/mol. The summed E-state index contributed by atoms with van der Waals surface area (Å²) in [5.74, 6) is -5.18. The van der Waals surface area contributed by atoms with Crippen molar-refractivity contribution in [2.24, 2.45) is 0 Å². The Morgan fingerprint density at radius 2 is 1.62 bits per heavy atom. The van der Waals surface area contributed by atoms with Gasteiger partial charge in [-0.2, -0.15) is 0 Å². The van der Waals surface area contributed by atoms with E-state index in [4.69, 9.17) is 9.29 Å². The third-order valence-corrected chi connectivity index (χ3v) is 3.51. The van der Waals surface area contributed by atoms with Gasteiger partial charge in [0.05, 0.1) is 13.2 Å². The fourth-order valence-corrected chi connectivity index (χ4v) is 2.18. The van der Waals surface area contributed by atoms with Crippen LogP contribution in [0.3, 0.4) is 0 Å². The predicted molar refractivity (Wildman–Crippen MR) is 89.9 cm³/mol. The summed E-state index contributed by atoms with van der Waals surface area (Å²) in [5, 5.41) is 8.47. The molecule has 0 heterocycles. The minimum atomic E-state index is -1.64. The molecule has 0 saturated heterocycles. The van der Waals surface area contributed by atoms with Crippen LogP contribution in [0.25, 0.3) is 0 Å². The van der Waals surface area contributed by atoms with Crippen LogP contribution in [0, 0.1) is 30.2 Å². The van der Waals surface area contributed by atoms with Gasteiger partial charge in [-0.1, -0.05) is 32.4 Å². The Morgan fingerprint density at radius 1 is 1.00 bits per heavy atom. The van der Waals surface area contributed by atoms with Crippen molar-refractivity contribution in [1.29, 1.82) is 0 Å². The van der Waals surface area contributed by atoms with E-state index in [0.29, 0.717) is 18.8 Å². The molecule has 0 atom stereocenters. The molecule has 0 bridgehead atoms. The maximum Gasteiger partial charge on any atom is 0.195 e. The minimum Gasteiger partial charge on any atom is -0.392 e. The molecular formula is C17H24F4O2S. The van der Waals surface area contributed by atoms with Crippen LogP contribution in [0.5, 0.6) is 0 Å². The Hall–Kier alpha value is -1.05. The summed E-state index contributed by atoms with van der Waals surface area (Å²) in [6.45, 7) is 5.56. The molecule has 1 rings (SSSR count). The van der Waals surface area contributed by atoms with Gasteiger partial charge in [0.1, 0.15) is 5.82 Å². The van der Waals surface area contributed by atoms with E-state index in [9.17, 15) is 17.6 Å². The van der Waals surface area contributed by atoms with E-state index >= 15 is 0 Å². The number of hydrogen-bond acceptors (Lipinski definition) is 3. The highest BCUT2D eigenvalue weighted by molar-refractivity contribution is 7.94. The van der Waals surface area contributed by atoms with Crippen LogP contribution in [-0.4, -0.2) is 24.1 Å². The lowest BCUT2D eigenvalue weighted by molar-refractivity contribution is 0.340. The minimum absolute atomic E-state index is 0.0431. The molecule has 1 N–H and O–H groups in total. The predicted octanol–water partition coefficient (Wildman–Crippen LogP) is 5.11. The lowest BCUT2D eigenvalue weighted by Gasteiger charge is -2.09. The molecule has 1 aromatic rings. The van der Waals surface area contributed by atoms with E-state index in [1.807, 2.05) is 0 Å². The van der Waals surface area contributed by atoms with E-state index < -0.39 is 34.4 Å². The number of aliphatic hydroxyl groups is 1. The fourth-order valence-electron chi connectivity index (χ4n) is 1.63. The molecule has 0 aliphatic rings. The largest absolute Gasteiger partial charge is 0.392 e. The molecule has 0 aliphatic carbocycles. The number of benzene rings is 1. The number of rotatable bonds is 8. The first-order chi connectivity index (χ1) is 11.4. The number of hydrogen-bond donors (Lipinski definition) is 1. The molecule has 0 aromatic heterocycles. The van der Waals surface area contributed by atoms with Crippen LogP contribution >= 0.6 is 12.0 Å². The van der Waals surface area contributed by atoms with Gasteiger partial charge in [0.15, 0.2) is 17.5 Å². The quantitative estimate of drug-likeness (QED) is 0.173. The molecule has 0 spiro atoms. The first-order valence-corrected chi connectivity index (χ1v) is 8.64. The van der Waals surface area contributed by atoms with Crippen LogP contribution in [0.4, 0.5) is 17.6 Å². The van der Waals surface area contributed by atoms with Crippen molar-refractivity contribution in [3.05, 3.63) is 46.5 Å². The lowest BCUT2D eigenvalue weighted by Crippen LogP contribution is -2.06. The normalized spacial score (nSPS) is 10.8. The Bertz CT molecular complexity index is 493. The molecule has 0 saturated carbocycles. The average molecular weight is 368 g/mol. The van der Waals surface area contributed by atoms with E-state index in [1.54, 1.807) is 6.08 Å². The topological polar surface area (TPSA) is 29.5 Å². The van der Waals surface area contributed by atoms with Gasteiger partial charge in [0.25, 0.3) is 0 Å². The van der Waals surface area contributed by atoms with E-state index in [0.717, 1.165) is 19.0 Å². The molecule has 0 aliphatic heterocycles. The van der Waals surface area contributed by atoms with Gasteiger partial charge in [0, 0.05) is 16.9 Å². The van der Waals surface area contributed by atoms with Crippen LogP contribution in [0.1, 0.15) is 37.8 Å². The number of halogens is 4. The highest BCUT2D eigenvalue weighted by atomic mass is 32.2. The second-order valence-corrected chi connectivity index (χ2v) is 5.81. The zero-order valence-electron chi connectivity index (χ0n) is 14.2. The fraction of sp³-hybridized carbons (Fsp3) is 0.529. The Labute approximate surface area is 145 Å². The SMILES string of the molecule is CCC.Cc1c(F)c(F)c(F)c(CCCSOC/C=C\CO)c1F. The van der Waals surface area contributed by atoms with Crippen molar-refractivity contribution in [1.82, 2.24) is 0 Å². The van der Waals surface area contributed by atoms with Gasteiger partial charge >= 0.3 is 0 Å². The maximum absolute atomic E-state index is 13.7. The van der Waals surface area contributed by atoms with Gasteiger partial charge < -0.3 is 9.29 Å². The van der Waals surface area contributed by atoms with Crippen LogP contribution in [-0.2, 0) is 10.6 Å². The lowest BCUT2D eigenvalue weighted by atomic mass is 10.0. The number of aliphatic hydroxyl groups excluding tert-OH is 1. The molecule has 1 aromatic carbocycles. The third-order valence-electron chi connectivity index (χ3n) is 2.75. The second-order valence-electron chi connectivity index (χ2n) is 4.93. The monoisotopic (exact) mass is 368 g/mol. The Kier molecular flexibility index (Phi) is 12.7. The van der Waals surface area contributed by atoms with Crippen molar-refractivity contribution in [2.45, 2.75) is 40.0 Å². The molecule has 2 nitrogen and oxygen atoms in total. The van der Waals surface area contributed by atoms with Crippen molar-refractivity contribution < 1.29 is 26.9 Å². The first-order valence-electron chi connectivity index (χ1n) is 7.73. The van der Waals surface area contributed by atoms with Crippen molar-refractivity contribution in [3.63, 3.8) is 0 Å². The molecule has 0 fully saturated rings. The Balaban J connectivity index is 0.00000163. The summed E-state index contributed by atoms with van der Waals surface area (Å²) in [5.41, 5.74) is -0.950. The second kappa shape index (κ2) is 13.3. The van der Waals surface area contributed by atoms with Crippen molar-refractivity contribution in [3.8, 4) is 0 Å². The van der Waals surface area contributed by atoms with Crippen LogP contribution < -0.4 is 0 Å². The van der Waals surface area contributed by atoms with Crippen molar-refractivity contribution >= 4 is 12.0 Å². The van der Waals surface area contributed by atoms with Gasteiger partial charge in [-0.15, -0.1) is 0 Å². The molecule has 0 radical (unpaired) electrons. The first kappa shape index (κ1) is 22.9. The zero-order valence-corrected chi connectivity index (χ0v) is 15.0. The molecule has 7 heteroatoms. The molecule has 24 heavy (non-hydrogen) atoms. The van der Waals surface area contributed by atoms with E-state index in [2.05, 4.69) is 13.8 Å². The van der Waals surface area contributed by atoms with E-state index in [1.165, 1.54) is 12.5 Å². The Morgan fingerprint density at radius 3 is 2.21 bits per heavy atom. The molecule has 138 valence electrons. The zero-order chi connectivity index (χ0) is 18.5. The van der Waals surface area contributed by atoms with Crippen LogP contribution in [0.2, 0.25) is 0 Å². The standard InChI is InChI=1S/C14H16F4O2S.C3H8/c1-9-11(15)10(13(17)14(18)12(9)16)5-4-8-21-20-7-3-2-6-19;1-3-2/h2-3,19H,4-8H2,1H3;3H2,1-2H3/b3-2-;. The third kappa shape index (κ3) is 7.68. The highest BCUT2D eigenvalue weighted by Gasteiger charge is 2.22. The van der Waals surface area contributed by atoms with E-state index in [-0.39, 0.29) is 13.0 Å². The van der Waals surface area contributed by atoms with Crippen molar-refractivity contribution in [2.75, 3.05) is 19.0 Å². The highest BCUT2D eigenvalue weighted by Crippen LogP contribution is 2.25. The summed E-state index contributed by atoms with van der Waals surface area (Å²) < 4.78 is 58.6. The maximum atomic E-state index is 13.7. The van der Waals surface area contributed by atoms with Gasteiger partial charge in [-0.05, 0) is 31.8 Å². The van der Waals surface area contributed by atoms with Gasteiger partial charge in [-0.3, -0.25) is 0 Å². The molecule has 0 unspecified atom stereocenters.